The Kier molecular flexibility index (Phi) is 4.00. The topological polar surface area (TPSA) is 79.3 Å². The number of aromatic carboxylic acids is 1. The predicted octanol–water partition coefficient (Wildman–Crippen LogP) is 2.99. The van der Waals surface area contributed by atoms with Crippen LogP contribution in [-0.4, -0.2) is 22.0 Å². The number of aromatic nitrogens is 1. The normalized spacial score (nSPS) is 10.1. The fourth-order valence-electron chi connectivity index (χ4n) is 1.65. The highest BCUT2D eigenvalue weighted by Gasteiger charge is 2.12. The van der Waals surface area contributed by atoms with Crippen molar-refractivity contribution in [1.82, 2.24) is 4.98 Å². The van der Waals surface area contributed by atoms with Gasteiger partial charge in [-0.15, -0.1) is 0 Å². The Hall–Kier alpha value is -2.40. The van der Waals surface area contributed by atoms with Crippen LogP contribution in [0, 0.1) is 6.92 Å². The van der Waals surface area contributed by atoms with Crippen LogP contribution in [0.25, 0.3) is 0 Å². The van der Waals surface area contributed by atoms with Crippen molar-refractivity contribution in [3.05, 3.63) is 58.4 Å². The summed E-state index contributed by atoms with van der Waals surface area (Å²) in [6.07, 6.45) is 3.08. The van der Waals surface area contributed by atoms with Crippen molar-refractivity contribution in [3.8, 4) is 0 Å². The van der Waals surface area contributed by atoms with E-state index in [-0.39, 0.29) is 16.5 Å². The number of halogens is 1. The van der Waals surface area contributed by atoms with Crippen LogP contribution in [0.2, 0.25) is 5.02 Å². The Morgan fingerprint density at radius 1 is 1.25 bits per heavy atom. The Morgan fingerprint density at radius 2 is 2.00 bits per heavy atom. The Morgan fingerprint density at radius 3 is 2.65 bits per heavy atom. The largest absolute Gasteiger partial charge is 0.478 e. The zero-order chi connectivity index (χ0) is 14.7. The fraction of sp³-hybridized carbons (Fsp3) is 0.0714. The fourth-order valence-corrected chi connectivity index (χ4v) is 1.85. The van der Waals surface area contributed by atoms with Crippen LogP contribution in [0.1, 0.15) is 26.3 Å². The molecule has 2 N–H and O–H groups in total. The molecule has 5 nitrogen and oxygen atoms in total. The molecule has 1 aromatic carbocycles. The molecule has 0 aliphatic carbocycles. The molecule has 0 fully saturated rings. The smallest absolute Gasteiger partial charge is 0.337 e. The van der Waals surface area contributed by atoms with Crippen LogP contribution in [0.3, 0.4) is 0 Å². The molecule has 1 amide bonds. The number of hydrogen-bond donors (Lipinski definition) is 2. The van der Waals surface area contributed by atoms with Crippen LogP contribution >= 0.6 is 11.6 Å². The van der Waals surface area contributed by atoms with Gasteiger partial charge in [0.1, 0.15) is 0 Å². The third-order valence-electron chi connectivity index (χ3n) is 2.59. The van der Waals surface area contributed by atoms with Gasteiger partial charge in [0.2, 0.25) is 0 Å². The zero-order valence-corrected chi connectivity index (χ0v) is 11.3. The molecule has 0 aliphatic rings. The van der Waals surface area contributed by atoms with E-state index in [1.54, 1.807) is 12.3 Å². The first-order chi connectivity index (χ1) is 9.47. The van der Waals surface area contributed by atoms with E-state index in [1.807, 2.05) is 6.92 Å². The number of carbonyl (C=O) groups excluding carboxylic acids is 1. The van der Waals surface area contributed by atoms with Crippen LogP contribution in [-0.2, 0) is 0 Å². The Labute approximate surface area is 120 Å². The van der Waals surface area contributed by atoms with Gasteiger partial charge in [-0.3, -0.25) is 9.78 Å². The van der Waals surface area contributed by atoms with Gasteiger partial charge in [0.15, 0.2) is 0 Å². The Bertz CT molecular complexity index is 686. The number of nitrogens with one attached hydrogen (secondary N) is 1. The third-order valence-corrected chi connectivity index (χ3v) is 2.92. The maximum absolute atomic E-state index is 12.0. The maximum atomic E-state index is 12.0. The molecule has 0 saturated heterocycles. The van der Waals surface area contributed by atoms with Crippen molar-refractivity contribution < 1.29 is 14.7 Å². The minimum Gasteiger partial charge on any atom is -0.478 e. The lowest BCUT2D eigenvalue weighted by Crippen LogP contribution is -2.13. The molecule has 0 radical (unpaired) electrons. The second kappa shape index (κ2) is 5.71. The summed E-state index contributed by atoms with van der Waals surface area (Å²) in [4.78, 5) is 26.9. The number of rotatable bonds is 3. The van der Waals surface area contributed by atoms with E-state index in [0.717, 1.165) is 5.56 Å². The lowest BCUT2D eigenvalue weighted by molar-refractivity contribution is 0.0696. The van der Waals surface area contributed by atoms with Crippen LogP contribution in [0.4, 0.5) is 5.69 Å². The number of benzene rings is 1. The van der Waals surface area contributed by atoms with Gasteiger partial charge in [-0.25, -0.2) is 4.79 Å². The van der Waals surface area contributed by atoms with Crippen molar-refractivity contribution in [2.75, 3.05) is 5.32 Å². The molecule has 0 unspecified atom stereocenters. The molecule has 6 heteroatoms. The van der Waals surface area contributed by atoms with Gasteiger partial charge >= 0.3 is 5.97 Å². The van der Waals surface area contributed by atoms with Gasteiger partial charge in [-0.05, 0) is 36.8 Å². The standard InChI is InChI=1S/C14H11ClN2O3/c1-8-4-9(7-16-6-8)13(18)17-10-2-3-12(15)11(5-10)14(19)20/h2-7H,1H3,(H,17,18)(H,19,20). The van der Waals surface area contributed by atoms with Gasteiger partial charge in [-0.1, -0.05) is 11.6 Å². The average Bonchev–Trinajstić information content (AvgIpc) is 2.40. The number of carboxylic acid groups (broad SMARTS) is 1. The van der Waals surface area contributed by atoms with Crippen molar-refractivity contribution in [2.24, 2.45) is 0 Å². The van der Waals surface area contributed by atoms with Crippen LogP contribution < -0.4 is 5.32 Å². The molecule has 1 aromatic heterocycles. The summed E-state index contributed by atoms with van der Waals surface area (Å²) >= 11 is 5.76. The minimum atomic E-state index is -1.15. The molecule has 2 aromatic rings. The van der Waals surface area contributed by atoms with Gasteiger partial charge in [0, 0.05) is 18.1 Å². The molecule has 20 heavy (non-hydrogen) atoms. The highest BCUT2D eigenvalue weighted by Crippen LogP contribution is 2.21. The second-order valence-electron chi connectivity index (χ2n) is 4.20. The summed E-state index contributed by atoms with van der Waals surface area (Å²) in [5.74, 6) is -1.51. The SMILES string of the molecule is Cc1cncc(C(=O)Nc2ccc(Cl)c(C(=O)O)c2)c1. The van der Waals surface area contributed by atoms with E-state index in [9.17, 15) is 9.59 Å². The van der Waals surface area contributed by atoms with E-state index < -0.39 is 5.97 Å². The van der Waals surface area contributed by atoms with Crippen molar-refractivity contribution in [2.45, 2.75) is 6.92 Å². The van der Waals surface area contributed by atoms with Crippen LogP contribution in [0.5, 0.6) is 0 Å². The first kappa shape index (κ1) is 14.0. The maximum Gasteiger partial charge on any atom is 0.337 e. The first-order valence-electron chi connectivity index (χ1n) is 5.73. The van der Waals surface area contributed by atoms with Crippen molar-refractivity contribution in [3.63, 3.8) is 0 Å². The molecule has 0 spiro atoms. The molecule has 1 heterocycles. The lowest BCUT2D eigenvalue weighted by atomic mass is 10.1. The second-order valence-corrected chi connectivity index (χ2v) is 4.61. The van der Waals surface area contributed by atoms with Crippen LogP contribution in [0.15, 0.2) is 36.7 Å². The van der Waals surface area contributed by atoms with Crippen molar-refractivity contribution >= 4 is 29.2 Å². The minimum absolute atomic E-state index is 0.0631. The summed E-state index contributed by atoms with van der Waals surface area (Å²) in [6, 6.07) is 5.97. The number of nitrogens with zero attached hydrogens (tertiary/aromatic N) is 1. The van der Waals surface area contributed by atoms with Gasteiger partial charge in [-0.2, -0.15) is 0 Å². The molecule has 102 valence electrons. The highest BCUT2D eigenvalue weighted by atomic mass is 35.5. The average molecular weight is 291 g/mol. The molecular weight excluding hydrogens is 280 g/mol. The molecule has 0 atom stereocenters. The summed E-state index contributed by atoms with van der Waals surface area (Å²) < 4.78 is 0. The van der Waals surface area contributed by atoms with E-state index in [2.05, 4.69) is 10.3 Å². The number of aryl methyl sites for hydroxylation is 1. The van der Waals surface area contributed by atoms with E-state index in [4.69, 9.17) is 16.7 Å². The van der Waals surface area contributed by atoms with Crippen molar-refractivity contribution in [1.29, 1.82) is 0 Å². The van der Waals surface area contributed by atoms with Gasteiger partial charge in [0.05, 0.1) is 16.1 Å². The number of amides is 1. The highest BCUT2D eigenvalue weighted by molar-refractivity contribution is 6.33. The van der Waals surface area contributed by atoms with E-state index in [1.165, 1.54) is 24.4 Å². The first-order valence-corrected chi connectivity index (χ1v) is 6.11. The molecule has 0 saturated carbocycles. The van der Waals surface area contributed by atoms with Gasteiger partial charge < -0.3 is 10.4 Å². The van der Waals surface area contributed by atoms with E-state index >= 15 is 0 Å². The summed E-state index contributed by atoms with van der Waals surface area (Å²) in [6.45, 7) is 1.83. The number of carbonyl (C=O) groups is 2. The summed E-state index contributed by atoms with van der Waals surface area (Å²) in [5, 5.41) is 11.7. The quantitative estimate of drug-likeness (QED) is 0.911. The molecule has 0 aliphatic heterocycles. The number of anilines is 1. The lowest BCUT2D eigenvalue weighted by Gasteiger charge is -2.07. The Balaban J connectivity index is 2.24. The molecular formula is C14H11ClN2O3. The predicted molar refractivity (Wildman–Crippen MR) is 75.3 cm³/mol. The monoisotopic (exact) mass is 290 g/mol. The summed E-state index contributed by atoms with van der Waals surface area (Å²) in [5.41, 5.74) is 1.56. The van der Waals surface area contributed by atoms with E-state index in [0.29, 0.717) is 11.3 Å². The van der Waals surface area contributed by atoms with Gasteiger partial charge in [0.25, 0.3) is 5.91 Å². The number of pyridine rings is 1. The molecule has 2 rings (SSSR count). The molecule has 0 bridgehead atoms. The number of hydrogen-bond acceptors (Lipinski definition) is 3. The third kappa shape index (κ3) is 3.13. The number of carboxylic acids is 1. The zero-order valence-electron chi connectivity index (χ0n) is 10.6. The summed E-state index contributed by atoms with van der Waals surface area (Å²) in [7, 11) is 0.